The molecule has 1 atom stereocenters. The molecule has 0 aliphatic carbocycles. The summed E-state index contributed by atoms with van der Waals surface area (Å²) in [6.07, 6.45) is 3.47. The summed E-state index contributed by atoms with van der Waals surface area (Å²) in [6.45, 7) is 12.4. The monoisotopic (exact) mass is 190 g/mol. The first-order valence-corrected chi connectivity index (χ1v) is 5.50. The first-order valence-electron chi connectivity index (χ1n) is 5.50. The minimum absolute atomic E-state index is 0.646. The summed E-state index contributed by atoms with van der Waals surface area (Å²) in [7, 11) is 0. The van der Waals surface area contributed by atoms with E-state index in [2.05, 4.69) is 38.6 Å². The van der Waals surface area contributed by atoms with Crippen LogP contribution in [0.2, 0.25) is 0 Å². The molecule has 0 N–H and O–H groups in total. The Balaban J connectivity index is 0.000000791. The molecule has 1 rings (SSSR count). The van der Waals surface area contributed by atoms with E-state index in [-0.39, 0.29) is 0 Å². The Morgan fingerprint density at radius 3 is 2.36 bits per heavy atom. The van der Waals surface area contributed by atoms with E-state index in [4.69, 9.17) is 0 Å². The van der Waals surface area contributed by atoms with E-state index in [1.807, 2.05) is 26.0 Å². The molecule has 0 aliphatic rings. The lowest BCUT2D eigenvalue weighted by Gasteiger charge is -1.98. The normalized spacial score (nSPS) is 13.0. The molecule has 0 aliphatic heterocycles. The van der Waals surface area contributed by atoms with Crippen LogP contribution in [0.25, 0.3) is 12.7 Å². The van der Waals surface area contributed by atoms with Crippen molar-refractivity contribution in [3.63, 3.8) is 0 Å². The van der Waals surface area contributed by atoms with Crippen molar-refractivity contribution in [3.05, 3.63) is 34.7 Å². The molecule has 1 aromatic rings. The maximum Gasteiger partial charge on any atom is -0.0227 e. The predicted octanol–water partition coefficient (Wildman–Crippen LogP) is 2.95. The molecule has 78 valence electrons. The van der Waals surface area contributed by atoms with Crippen LogP contribution >= 0.6 is 0 Å². The van der Waals surface area contributed by atoms with Crippen LogP contribution in [0.3, 0.4) is 0 Å². The first kappa shape index (κ1) is 13.0. The number of benzene rings is 1. The maximum absolute atomic E-state index is 3.98. The van der Waals surface area contributed by atoms with E-state index in [0.29, 0.717) is 5.92 Å². The Hall–Kier alpha value is -1.04. The minimum atomic E-state index is 0.646. The molecule has 0 heterocycles. The average Bonchev–Trinajstić information content (AvgIpc) is 2.24. The summed E-state index contributed by atoms with van der Waals surface area (Å²) in [5.41, 5.74) is 0. The lowest BCUT2D eigenvalue weighted by Crippen LogP contribution is -2.22. The highest BCUT2D eigenvalue weighted by Crippen LogP contribution is 1.99. The molecule has 0 radical (unpaired) electrons. The summed E-state index contributed by atoms with van der Waals surface area (Å²) in [5, 5.41) is 2.39. The molecule has 0 nitrogen and oxygen atoms in total. The van der Waals surface area contributed by atoms with E-state index >= 15 is 0 Å². The number of hydrogen-bond donors (Lipinski definition) is 0. The average molecular weight is 190 g/mol. The van der Waals surface area contributed by atoms with Crippen molar-refractivity contribution in [2.75, 3.05) is 0 Å². The minimum Gasteiger partial charge on any atom is -0.0912 e. The zero-order valence-corrected chi connectivity index (χ0v) is 9.88. The van der Waals surface area contributed by atoms with Gasteiger partial charge in [0.25, 0.3) is 0 Å². The van der Waals surface area contributed by atoms with Crippen LogP contribution in [-0.2, 0) is 0 Å². The molecule has 0 saturated carbocycles. The fraction of sp³-hybridized carbons (Fsp3) is 0.429. The highest BCUT2D eigenvalue weighted by molar-refractivity contribution is 5.28. The van der Waals surface area contributed by atoms with Crippen molar-refractivity contribution in [1.29, 1.82) is 0 Å². The van der Waals surface area contributed by atoms with Gasteiger partial charge in [-0.15, -0.1) is 0 Å². The Morgan fingerprint density at radius 2 is 1.86 bits per heavy atom. The third kappa shape index (κ3) is 4.27. The van der Waals surface area contributed by atoms with Crippen LogP contribution in [0, 0.1) is 5.92 Å². The molecule has 1 unspecified atom stereocenters. The maximum atomic E-state index is 3.98. The van der Waals surface area contributed by atoms with E-state index in [1.165, 1.54) is 11.6 Å². The lowest BCUT2D eigenvalue weighted by atomic mass is 10.1. The highest BCUT2D eigenvalue weighted by Gasteiger charge is 1.90. The molecule has 0 heteroatoms. The third-order valence-electron chi connectivity index (χ3n) is 2.16. The summed E-state index contributed by atoms with van der Waals surface area (Å²) in [4.78, 5) is 0. The second-order valence-corrected chi connectivity index (χ2v) is 3.25. The van der Waals surface area contributed by atoms with Crippen molar-refractivity contribution >= 4 is 12.7 Å². The van der Waals surface area contributed by atoms with Crippen LogP contribution in [0.4, 0.5) is 0 Å². The van der Waals surface area contributed by atoms with E-state index in [0.717, 1.165) is 5.22 Å². The molecule has 0 fully saturated rings. The fourth-order valence-electron chi connectivity index (χ4n) is 1.12. The van der Waals surface area contributed by atoms with Crippen molar-refractivity contribution in [3.8, 4) is 0 Å². The van der Waals surface area contributed by atoms with E-state index in [9.17, 15) is 0 Å². The molecule has 14 heavy (non-hydrogen) atoms. The highest BCUT2D eigenvalue weighted by atomic mass is 14.0. The smallest absolute Gasteiger partial charge is 0.0227 e. The summed E-state index contributed by atoms with van der Waals surface area (Å²) < 4.78 is 0. The first-order chi connectivity index (χ1) is 6.74. The Bertz CT molecular complexity index is 335. The van der Waals surface area contributed by atoms with Gasteiger partial charge in [-0.25, -0.2) is 0 Å². The van der Waals surface area contributed by atoms with Gasteiger partial charge < -0.3 is 0 Å². The van der Waals surface area contributed by atoms with E-state index < -0.39 is 0 Å². The molecule has 0 bridgehead atoms. The molecule has 0 aromatic heterocycles. The van der Waals surface area contributed by atoms with Crippen molar-refractivity contribution in [1.82, 2.24) is 0 Å². The molecule has 0 spiro atoms. The Labute approximate surface area is 88.0 Å². The van der Waals surface area contributed by atoms with Crippen LogP contribution < -0.4 is 10.4 Å². The van der Waals surface area contributed by atoms with Gasteiger partial charge in [0, 0.05) is 0 Å². The topological polar surface area (TPSA) is 0 Å². The third-order valence-corrected chi connectivity index (χ3v) is 2.16. The van der Waals surface area contributed by atoms with Gasteiger partial charge in [0.15, 0.2) is 0 Å². The predicted molar refractivity (Wildman–Crippen MR) is 66.5 cm³/mol. The van der Waals surface area contributed by atoms with Crippen molar-refractivity contribution in [2.24, 2.45) is 5.92 Å². The van der Waals surface area contributed by atoms with Crippen LogP contribution in [0.1, 0.15) is 34.1 Å². The van der Waals surface area contributed by atoms with Crippen molar-refractivity contribution < 1.29 is 0 Å². The van der Waals surface area contributed by atoms with Gasteiger partial charge in [-0.05, 0) is 16.4 Å². The van der Waals surface area contributed by atoms with Gasteiger partial charge >= 0.3 is 0 Å². The standard InChI is InChI=1S/C12H16.C2H6/c1-4-10(2)9-12-8-6-5-7-11(12)3;1-2/h5-10H,3-4H2,1-2H3;1-2H3/b12-9-;. The summed E-state index contributed by atoms with van der Waals surface area (Å²) in [5.74, 6) is 0.646. The molecule has 0 amide bonds. The number of rotatable bonds is 2. The van der Waals surface area contributed by atoms with Gasteiger partial charge in [0.1, 0.15) is 0 Å². The second-order valence-electron chi connectivity index (χ2n) is 3.25. The largest absolute Gasteiger partial charge is 0.0912 e. The molecular weight excluding hydrogens is 168 g/mol. The summed E-state index contributed by atoms with van der Waals surface area (Å²) in [6, 6.07) is 8.25. The molecule has 1 aromatic carbocycles. The number of hydrogen-bond acceptors (Lipinski definition) is 0. The van der Waals surface area contributed by atoms with Gasteiger partial charge in [-0.1, -0.05) is 71.0 Å². The zero-order valence-electron chi connectivity index (χ0n) is 9.88. The Morgan fingerprint density at radius 1 is 1.29 bits per heavy atom. The lowest BCUT2D eigenvalue weighted by molar-refractivity contribution is 0.734. The van der Waals surface area contributed by atoms with Crippen molar-refractivity contribution in [2.45, 2.75) is 34.1 Å². The summed E-state index contributed by atoms with van der Waals surface area (Å²) >= 11 is 0. The van der Waals surface area contributed by atoms with Gasteiger partial charge in [-0.2, -0.15) is 0 Å². The zero-order chi connectivity index (χ0) is 11.0. The Kier molecular flexibility index (Phi) is 6.82. The van der Waals surface area contributed by atoms with Gasteiger partial charge in [0.2, 0.25) is 0 Å². The van der Waals surface area contributed by atoms with Gasteiger partial charge in [0.05, 0.1) is 0 Å². The van der Waals surface area contributed by atoms with Gasteiger partial charge in [-0.3, -0.25) is 0 Å². The van der Waals surface area contributed by atoms with Crippen LogP contribution in [-0.4, -0.2) is 0 Å². The van der Waals surface area contributed by atoms with Crippen LogP contribution in [0.5, 0.6) is 0 Å². The van der Waals surface area contributed by atoms with E-state index in [1.54, 1.807) is 0 Å². The second kappa shape index (κ2) is 7.37. The molecular formula is C14H22. The molecule has 0 saturated heterocycles. The van der Waals surface area contributed by atoms with Crippen LogP contribution in [0.15, 0.2) is 24.3 Å². The quantitative estimate of drug-likeness (QED) is 0.672. The SMILES string of the molecule is C=c1cccc/c1=C/C(C)CC.CC. The fourth-order valence-corrected chi connectivity index (χ4v) is 1.12.